The Morgan fingerprint density at radius 2 is 1.21 bits per heavy atom. The van der Waals surface area contributed by atoms with Crippen LogP contribution in [0, 0.1) is 0 Å². The predicted molar refractivity (Wildman–Crippen MR) is 139 cm³/mol. The van der Waals surface area contributed by atoms with Gasteiger partial charge in [0.25, 0.3) is 0 Å². The molecule has 0 amide bonds. The quantitative estimate of drug-likeness (QED) is 0.262. The van der Waals surface area contributed by atoms with Gasteiger partial charge in [-0.3, -0.25) is 0 Å². The van der Waals surface area contributed by atoms with Gasteiger partial charge in [-0.15, -0.1) is 0 Å². The Hall–Kier alpha value is -4.43. The molecule has 5 aromatic carbocycles. The summed E-state index contributed by atoms with van der Waals surface area (Å²) in [5, 5.41) is 8.87. The van der Waals surface area contributed by atoms with Crippen LogP contribution >= 0.6 is 0 Å². The van der Waals surface area contributed by atoms with Crippen molar-refractivity contribution in [3.05, 3.63) is 109 Å². The number of rotatable bonds is 1. The van der Waals surface area contributed by atoms with E-state index in [2.05, 4.69) is 114 Å². The maximum absolute atomic E-state index is 5.06. The molecule has 0 aliphatic carbocycles. The Kier molecular flexibility index (Phi) is 3.16. The van der Waals surface area contributed by atoms with E-state index >= 15 is 0 Å². The van der Waals surface area contributed by atoms with Crippen LogP contribution in [0.1, 0.15) is 0 Å². The molecule has 0 spiro atoms. The van der Waals surface area contributed by atoms with E-state index in [0.717, 1.165) is 11.2 Å². The van der Waals surface area contributed by atoms with Crippen molar-refractivity contribution in [2.75, 3.05) is 0 Å². The molecule has 0 bridgehead atoms. The van der Waals surface area contributed by atoms with E-state index in [9.17, 15) is 0 Å². The van der Waals surface area contributed by atoms with Gasteiger partial charge in [0.15, 0.2) is 0 Å². The fourth-order valence-electron chi connectivity index (χ4n) is 5.69. The average Bonchev–Trinajstić information content (AvgIpc) is 3.40. The lowest BCUT2D eigenvalue weighted by molar-refractivity contribution is 1.38. The molecule has 8 aromatic rings. The van der Waals surface area contributed by atoms with Gasteiger partial charge in [-0.2, -0.15) is 0 Å². The highest BCUT2D eigenvalue weighted by Crippen LogP contribution is 2.45. The fourth-order valence-corrected chi connectivity index (χ4v) is 5.69. The second-order valence-corrected chi connectivity index (χ2v) is 8.81. The smallest absolute Gasteiger partial charge is 0.0716 e. The number of pyridine rings is 1. The number of fused-ring (bicyclic) bond motifs is 9. The molecule has 0 aliphatic heterocycles. The highest BCUT2D eigenvalue weighted by Gasteiger charge is 2.21. The Labute approximate surface area is 189 Å². The minimum atomic E-state index is 1.02. The molecule has 0 atom stereocenters. The first-order valence-corrected chi connectivity index (χ1v) is 11.3. The zero-order chi connectivity index (χ0) is 21.5. The molecule has 2 nitrogen and oxygen atoms in total. The summed E-state index contributed by atoms with van der Waals surface area (Å²) in [7, 11) is 0. The van der Waals surface area contributed by atoms with Gasteiger partial charge in [-0.1, -0.05) is 91.0 Å². The van der Waals surface area contributed by atoms with Crippen molar-refractivity contribution in [2.45, 2.75) is 0 Å². The number of nitrogens with zero attached hydrogens (tertiary/aromatic N) is 2. The minimum Gasteiger partial charge on any atom is -0.307 e. The van der Waals surface area contributed by atoms with Gasteiger partial charge in [0, 0.05) is 37.9 Å². The molecule has 2 heteroatoms. The molecule has 152 valence electrons. The van der Waals surface area contributed by atoms with E-state index in [1.54, 1.807) is 0 Å². The molecule has 0 radical (unpaired) electrons. The number of hydrogen-bond acceptors (Lipinski definition) is 1. The monoisotopic (exact) mass is 418 g/mol. The number of para-hydroxylation sites is 2. The second-order valence-electron chi connectivity index (χ2n) is 8.81. The van der Waals surface area contributed by atoms with Gasteiger partial charge in [-0.05, 0) is 23.6 Å². The van der Waals surface area contributed by atoms with Gasteiger partial charge >= 0.3 is 0 Å². The van der Waals surface area contributed by atoms with Crippen molar-refractivity contribution >= 4 is 59.8 Å². The van der Waals surface area contributed by atoms with Crippen LogP contribution in [0.5, 0.6) is 0 Å². The van der Waals surface area contributed by atoms with Gasteiger partial charge in [-0.25, -0.2) is 4.98 Å². The lowest BCUT2D eigenvalue weighted by Crippen LogP contribution is -1.86. The summed E-state index contributed by atoms with van der Waals surface area (Å²) in [5.41, 5.74) is 7.05. The summed E-state index contributed by atoms with van der Waals surface area (Å²) in [6.45, 7) is 0. The van der Waals surface area contributed by atoms with Crippen LogP contribution in [-0.2, 0) is 0 Å². The highest BCUT2D eigenvalue weighted by atomic mass is 14.9. The van der Waals surface area contributed by atoms with Crippen molar-refractivity contribution in [3.63, 3.8) is 0 Å². The van der Waals surface area contributed by atoms with Crippen LogP contribution in [-0.4, -0.2) is 9.38 Å². The molecule has 33 heavy (non-hydrogen) atoms. The lowest BCUT2D eigenvalue weighted by atomic mass is 9.98. The average molecular weight is 418 g/mol. The Morgan fingerprint density at radius 1 is 0.485 bits per heavy atom. The van der Waals surface area contributed by atoms with Crippen molar-refractivity contribution in [2.24, 2.45) is 0 Å². The third-order valence-corrected chi connectivity index (χ3v) is 7.10. The number of benzene rings is 5. The Balaban J connectivity index is 1.64. The van der Waals surface area contributed by atoms with Gasteiger partial charge < -0.3 is 4.40 Å². The zero-order valence-corrected chi connectivity index (χ0v) is 17.8. The van der Waals surface area contributed by atoms with Gasteiger partial charge in [0.05, 0.1) is 27.8 Å². The van der Waals surface area contributed by atoms with Crippen LogP contribution in [0.25, 0.3) is 71.0 Å². The van der Waals surface area contributed by atoms with Crippen LogP contribution in [0.4, 0.5) is 0 Å². The topological polar surface area (TPSA) is 17.3 Å². The molecule has 0 saturated heterocycles. The summed E-state index contributed by atoms with van der Waals surface area (Å²) < 4.78 is 2.47. The molecule has 8 rings (SSSR count). The molecule has 0 fully saturated rings. The Morgan fingerprint density at radius 3 is 2.15 bits per heavy atom. The standard InChI is InChI=1S/C31H18N2/c1-3-9-21-19(7-1)13-15-25-29-24(27-18-14-20-8-2-5-11-26(20)32-27)17-16-23-22-10-4-6-12-28(22)33(30(21)25)31(23)29/h1-18H. The van der Waals surface area contributed by atoms with E-state index in [0.29, 0.717) is 0 Å². The van der Waals surface area contributed by atoms with E-state index in [1.165, 1.54) is 59.8 Å². The molecular formula is C31H18N2. The predicted octanol–water partition coefficient (Wildman–Crippen LogP) is 8.21. The summed E-state index contributed by atoms with van der Waals surface area (Å²) in [6.07, 6.45) is 0. The molecule has 3 aromatic heterocycles. The highest BCUT2D eigenvalue weighted by molar-refractivity contribution is 6.30. The number of hydrogen-bond donors (Lipinski definition) is 0. The second kappa shape index (κ2) is 6.08. The zero-order valence-electron chi connectivity index (χ0n) is 17.8. The maximum atomic E-state index is 5.06. The largest absolute Gasteiger partial charge is 0.307 e. The lowest BCUT2D eigenvalue weighted by Gasteiger charge is -2.07. The molecule has 0 aliphatic rings. The summed E-state index contributed by atoms with van der Waals surface area (Å²) in [5.74, 6) is 0. The maximum Gasteiger partial charge on any atom is 0.0716 e. The van der Waals surface area contributed by atoms with E-state index in [4.69, 9.17) is 4.98 Å². The van der Waals surface area contributed by atoms with Crippen LogP contribution < -0.4 is 0 Å². The Bertz CT molecular complexity index is 2030. The van der Waals surface area contributed by atoms with Crippen LogP contribution in [0.15, 0.2) is 109 Å². The molecule has 0 unspecified atom stereocenters. The summed E-state index contributed by atoms with van der Waals surface area (Å²) in [6, 6.07) is 39.2. The number of aromatic nitrogens is 2. The van der Waals surface area contributed by atoms with Gasteiger partial charge in [0.2, 0.25) is 0 Å². The first-order valence-electron chi connectivity index (χ1n) is 11.3. The molecule has 0 saturated carbocycles. The van der Waals surface area contributed by atoms with E-state index in [-0.39, 0.29) is 0 Å². The van der Waals surface area contributed by atoms with Crippen molar-refractivity contribution in [1.29, 1.82) is 0 Å². The third-order valence-electron chi connectivity index (χ3n) is 7.10. The van der Waals surface area contributed by atoms with Crippen LogP contribution in [0.3, 0.4) is 0 Å². The third kappa shape index (κ3) is 2.15. The van der Waals surface area contributed by atoms with E-state index in [1.807, 2.05) is 0 Å². The van der Waals surface area contributed by atoms with Crippen molar-refractivity contribution < 1.29 is 0 Å². The molecular weight excluding hydrogens is 400 g/mol. The van der Waals surface area contributed by atoms with E-state index < -0.39 is 0 Å². The molecule has 3 heterocycles. The normalized spacial score (nSPS) is 12.2. The first kappa shape index (κ1) is 17.2. The fraction of sp³-hybridized carbons (Fsp3) is 0. The summed E-state index contributed by atoms with van der Waals surface area (Å²) in [4.78, 5) is 5.06. The van der Waals surface area contributed by atoms with Gasteiger partial charge in [0.1, 0.15) is 0 Å². The minimum absolute atomic E-state index is 1.02. The van der Waals surface area contributed by atoms with Crippen molar-refractivity contribution in [1.82, 2.24) is 9.38 Å². The first-order chi connectivity index (χ1) is 16.4. The SMILES string of the molecule is c1ccc2nc(-c3ccc4c5ccccc5n5c6c7ccccc7ccc6c3c45)ccc2c1. The molecule has 0 N–H and O–H groups in total. The summed E-state index contributed by atoms with van der Waals surface area (Å²) >= 11 is 0. The van der Waals surface area contributed by atoms with Crippen molar-refractivity contribution in [3.8, 4) is 11.3 Å². The van der Waals surface area contributed by atoms with Crippen LogP contribution in [0.2, 0.25) is 0 Å².